The highest BCUT2D eigenvalue weighted by atomic mass is 35.5. The number of nitrogens with one attached hydrogen (secondary N) is 1. The van der Waals surface area contributed by atoms with E-state index in [-0.39, 0.29) is 22.7 Å². The SMILES string of the molecule is CCCCN(c1ccc(Cl)cc1C(=O)Nc1ccc(S(=O)(=O)N2CCOCC2)cc1)S(=O)O. The van der Waals surface area contributed by atoms with E-state index >= 15 is 0 Å². The molecule has 0 spiro atoms. The largest absolute Gasteiger partial charge is 0.379 e. The minimum atomic E-state index is -3.65. The van der Waals surface area contributed by atoms with Crippen molar-refractivity contribution in [2.24, 2.45) is 0 Å². The summed E-state index contributed by atoms with van der Waals surface area (Å²) in [5.74, 6) is -0.539. The molecule has 1 atom stereocenters. The van der Waals surface area contributed by atoms with E-state index in [1.807, 2.05) is 6.92 Å². The lowest BCUT2D eigenvalue weighted by Gasteiger charge is -2.26. The second kappa shape index (κ2) is 11.4. The van der Waals surface area contributed by atoms with Crippen LogP contribution in [0.5, 0.6) is 0 Å². The summed E-state index contributed by atoms with van der Waals surface area (Å²) in [5, 5.41) is 3.00. The summed E-state index contributed by atoms with van der Waals surface area (Å²) >= 11 is 3.76. The average Bonchev–Trinajstić information content (AvgIpc) is 2.80. The first-order valence-electron chi connectivity index (χ1n) is 10.4. The fraction of sp³-hybridized carbons (Fsp3) is 0.381. The molecule has 1 aliphatic rings. The van der Waals surface area contributed by atoms with Crippen molar-refractivity contribution < 1.29 is 26.7 Å². The van der Waals surface area contributed by atoms with Gasteiger partial charge in [-0.2, -0.15) is 4.31 Å². The van der Waals surface area contributed by atoms with Gasteiger partial charge in [0.2, 0.25) is 10.0 Å². The second-order valence-electron chi connectivity index (χ2n) is 7.34. The number of rotatable bonds is 9. The van der Waals surface area contributed by atoms with Crippen LogP contribution in [-0.2, 0) is 26.0 Å². The van der Waals surface area contributed by atoms with Gasteiger partial charge in [0, 0.05) is 30.3 Å². The fourth-order valence-electron chi connectivity index (χ4n) is 3.34. The van der Waals surface area contributed by atoms with Gasteiger partial charge in [0.05, 0.1) is 29.4 Å². The molecule has 0 radical (unpaired) electrons. The number of ether oxygens (including phenoxy) is 1. The Hall–Kier alpha value is -2.02. The molecular weight excluding hydrogens is 490 g/mol. The smallest absolute Gasteiger partial charge is 0.261 e. The molecule has 1 heterocycles. The third kappa shape index (κ3) is 6.31. The minimum Gasteiger partial charge on any atom is -0.379 e. The average molecular weight is 516 g/mol. The van der Waals surface area contributed by atoms with E-state index in [0.717, 1.165) is 6.42 Å². The Bertz CT molecular complexity index is 1110. The Balaban J connectivity index is 1.81. The number of nitrogens with zero attached hydrogens (tertiary/aromatic N) is 2. The van der Waals surface area contributed by atoms with Crippen LogP contribution in [0.4, 0.5) is 11.4 Å². The third-order valence-electron chi connectivity index (χ3n) is 5.10. The predicted molar refractivity (Wildman–Crippen MR) is 128 cm³/mol. The van der Waals surface area contributed by atoms with Crippen LogP contribution >= 0.6 is 11.6 Å². The van der Waals surface area contributed by atoms with Crippen molar-refractivity contribution in [2.45, 2.75) is 24.7 Å². The van der Waals surface area contributed by atoms with E-state index in [9.17, 15) is 22.0 Å². The Labute approximate surface area is 201 Å². The maximum absolute atomic E-state index is 13.0. The summed E-state index contributed by atoms with van der Waals surface area (Å²) in [6.07, 6.45) is 1.47. The molecule has 1 amide bonds. The monoisotopic (exact) mass is 515 g/mol. The van der Waals surface area contributed by atoms with Gasteiger partial charge in [-0.25, -0.2) is 12.6 Å². The van der Waals surface area contributed by atoms with Crippen LogP contribution in [0.15, 0.2) is 47.4 Å². The van der Waals surface area contributed by atoms with Crippen molar-refractivity contribution in [3.05, 3.63) is 53.1 Å². The van der Waals surface area contributed by atoms with E-state index in [1.54, 1.807) is 6.07 Å². The molecule has 2 aromatic carbocycles. The molecule has 0 aliphatic carbocycles. The van der Waals surface area contributed by atoms with Crippen molar-refractivity contribution in [1.29, 1.82) is 0 Å². The molecule has 0 aromatic heterocycles. The first-order valence-corrected chi connectivity index (χ1v) is 13.3. The van der Waals surface area contributed by atoms with Gasteiger partial charge < -0.3 is 10.1 Å². The van der Waals surface area contributed by atoms with Gasteiger partial charge in [0.1, 0.15) is 0 Å². The van der Waals surface area contributed by atoms with Gasteiger partial charge in [-0.05, 0) is 48.9 Å². The lowest BCUT2D eigenvalue weighted by molar-refractivity contribution is 0.0730. The van der Waals surface area contributed by atoms with Crippen molar-refractivity contribution >= 4 is 50.2 Å². The number of halogens is 1. The first kappa shape index (κ1) is 25.6. The van der Waals surface area contributed by atoms with Crippen LogP contribution < -0.4 is 9.62 Å². The summed E-state index contributed by atoms with van der Waals surface area (Å²) in [5.41, 5.74) is 0.779. The number of carbonyl (C=O) groups excluding carboxylic acids is 1. The Kier molecular flexibility index (Phi) is 8.85. The van der Waals surface area contributed by atoms with E-state index in [0.29, 0.717) is 43.4 Å². The standard InChI is InChI=1S/C21H26ClN3O6S2/c1-2-3-10-25(32(27)28)20-9-4-16(22)15-19(20)21(26)23-17-5-7-18(8-6-17)33(29,30)24-11-13-31-14-12-24/h4-9,15H,2-3,10-14H2,1H3,(H,23,26)(H,27,28). The predicted octanol–water partition coefficient (Wildman–Crippen LogP) is 3.36. The number of unbranched alkanes of at least 4 members (excludes halogenated alkanes) is 1. The van der Waals surface area contributed by atoms with E-state index in [2.05, 4.69) is 5.32 Å². The van der Waals surface area contributed by atoms with Crippen molar-refractivity contribution in [3.63, 3.8) is 0 Å². The molecule has 0 bridgehead atoms. The van der Waals surface area contributed by atoms with Crippen molar-refractivity contribution in [1.82, 2.24) is 4.31 Å². The number of sulfonamides is 1. The van der Waals surface area contributed by atoms with Gasteiger partial charge in [-0.1, -0.05) is 24.9 Å². The summed E-state index contributed by atoms with van der Waals surface area (Å²) in [4.78, 5) is 13.1. The van der Waals surface area contributed by atoms with Crippen LogP contribution in [0.25, 0.3) is 0 Å². The number of morpholine rings is 1. The third-order valence-corrected chi connectivity index (χ3v) is 8.00. The molecule has 180 valence electrons. The number of anilines is 2. The number of hydrogen-bond acceptors (Lipinski definition) is 5. The number of hydrogen-bond donors (Lipinski definition) is 2. The molecule has 12 heteroatoms. The lowest BCUT2D eigenvalue weighted by atomic mass is 10.1. The molecule has 0 saturated carbocycles. The zero-order valence-electron chi connectivity index (χ0n) is 18.1. The van der Waals surface area contributed by atoms with E-state index < -0.39 is 27.2 Å². The highest BCUT2D eigenvalue weighted by molar-refractivity contribution is 7.89. The molecule has 2 aromatic rings. The van der Waals surface area contributed by atoms with Crippen LogP contribution in [0.1, 0.15) is 30.1 Å². The van der Waals surface area contributed by atoms with Crippen LogP contribution in [0.3, 0.4) is 0 Å². The molecule has 1 saturated heterocycles. The maximum atomic E-state index is 13.0. The van der Waals surface area contributed by atoms with Crippen LogP contribution in [0.2, 0.25) is 5.02 Å². The summed E-state index contributed by atoms with van der Waals surface area (Å²) in [6.45, 7) is 3.53. The Morgan fingerprint density at radius 2 is 1.88 bits per heavy atom. The zero-order chi connectivity index (χ0) is 24.0. The van der Waals surface area contributed by atoms with Crippen molar-refractivity contribution in [3.8, 4) is 0 Å². The molecule has 2 N–H and O–H groups in total. The Morgan fingerprint density at radius 3 is 2.48 bits per heavy atom. The second-order valence-corrected chi connectivity index (χ2v) is 10.6. The van der Waals surface area contributed by atoms with E-state index in [1.165, 1.54) is 45.0 Å². The highest BCUT2D eigenvalue weighted by Crippen LogP contribution is 2.27. The Morgan fingerprint density at radius 1 is 1.21 bits per heavy atom. The quantitative estimate of drug-likeness (QED) is 0.495. The van der Waals surface area contributed by atoms with Gasteiger partial charge >= 0.3 is 0 Å². The highest BCUT2D eigenvalue weighted by Gasteiger charge is 2.26. The van der Waals surface area contributed by atoms with Gasteiger partial charge in [-0.3, -0.25) is 13.7 Å². The molecule has 33 heavy (non-hydrogen) atoms. The summed E-state index contributed by atoms with van der Waals surface area (Å²) in [6, 6.07) is 10.3. The first-order chi connectivity index (χ1) is 15.7. The normalized spacial score (nSPS) is 15.7. The maximum Gasteiger partial charge on any atom is 0.261 e. The van der Waals surface area contributed by atoms with Crippen LogP contribution in [-0.4, -0.2) is 60.2 Å². The summed E-state index contributed by atoms with van der Waals surface area (Å²) in [7, 11) is -3.65. The fourth-order valence-corrected chi connectivity index (χ4v) is 5.53. The molecular formula is C21H26ClN3O6S2. The van der Waals surface area contributed by atoms with Gasteiger partial charge in [0.25, 0.3) is 17.2 Å². The lowest BCUT2D eigenvalue weighted by Crippen LogP contribution is -2.40. The molecule has 1 aliphatic heterocycles. The number of amides is 1. The molecule has 1 fully saturated rings. The van der Waals surface area contributed by atoms with Crippen molar-refractivity contribution in [2.75, 3.05) is 42.5 Å². The molecule has 3 rings (SSSR count). The number of carbonyl (C=O) groups is 1. The molecule has 1 unspecified atom stereocenters. The van der Waals surface area contributed by atoms with Crippen LogP contribution in [0, 0.1) is 0 Å². The topological polar surface area (TPSA) is 116 Å². The van der Waals surface area contributed by atoms with Gasteiger partial charge in [0.15, 0.2) is 0 Å². The summed E-state index contributed by atoms with van der Waals surface area (Å²) < 4.78 is 54.9. The van der Waals surface area contributed by atoms with Gasteiger partial charge in [-0.15, -0.1) is 0 Å². The zero-order valence-corrected chi connectivity index (χ0v) is 20.5. The van der Waals surface area contributed by atoms with E-state index in [4.69, 9.17) is 16.3 Å². The minimum absolute atomic E-state index is 0.118. The number of benzene rings is 2. The molecule has 9 nitrogen and oxygen atoms in total.